The van der Waals surface area contributed by atoms with Gasteiger partial charge in [0.15, 0.2) is 5.82 Å². The highest BCUT2D eigenvalue weighted by Crippen LogP contribution is 2.36. The summed E-state index contributed by atoms with van der Waals surface area (Å²) in [6.45, 7) is 5.14. The van der Waals surface area contributed by atoms with Crippen molar-refractivity contribution in [3.8, 4) is 22.3 Å². The molecule has 192 valence electrons. The molecule has 5 rings (SSSR count). The molecule has 5 aromatic rings. The highest BCUT2D eigenvalue weighted by atomic mass is 35.5. The standard InChI is InChI=1S/C29H26ClFN6O/c1-16(21-10-17(4-7-24(21)31)19-6-9-26(32)34-12-19)37-27-22-11-18(5-8-25(22)33-15-23(27)30)20-13-35-28(36-14-20)29(2,3)38/h4-16,38H,1-3H3,(H2,32,34)(H,33,37)/t16-/m1/s1. The van der Waals surface area contributed by atoms with Crippen molar-refractivity contribution in [2.45, 2.75) is 32.4 Å². The van der Waals surface area contributed by atoms with E-state index in [0.29, 0.717) is 27.9 Å². The highest BCUT2D eigenvalue weighted by Gasteiger charge is 2.20. The minimum absolute atomic E-state index is 0.335. The molecular formula is C29H26ClFN6O. The lowest BCUT2D eigenvalue weighted by Crippen LogP contribution is -2.19. The van der Waals surface area contributed by atoms with E-state index in [9.17, 15) is 9.50 Å². The number of pyridine rings is 2. The third kappa shape index (κ3) is 5.14. The van der Waals surface area contributed by atoms with Gasteiger partial charge in [0.25, 0.3) is 0 Å². The third-order valence-corrected chi connectivity index (χ3v) is 6.58. The normalized spacial score (nSPS) is 12.5. The second-order valence-electron chi connectivity index (χ2n) is 9.64. The number of aliphatic hydroxyl groups is 1. The van der Waals surface area contributed by atoms with E-state index in [1.54, 1.807) is 56.8 Å². The average molecular weight is 529 g/mol. The van der Waals surface area contributed by atoms with Crippen molar-refractivity contribution in [3.63, 3.8) is 0 Å². The minimum Gasteiger partial charge on any atom is -0.384 e. The van der Waals surface area contributed by atoms with E-state index in [1.807, 2.05) is 31.2 Å². The molecule has 0 fully saturated rings. The molecule has 2 aromatic carbocycles. The quantitative estimate of drug-likeness (QED) is 0.230. The van der Waals surface area contributed by atoms with Crippen LogP contribution in [0.4, 0.5) is 15.9 Å². The van der Waals surface area contributed by atoms with Gasteiger partial charge in [-0.25, -0.2) is 19.3 Å². The maximum Gasteiger partial charge on any atom is 0.159 e. The van der Waals surface area contributed by atoms with E-state index >= 15 is 0 Å². The van der Waals surface area contributed by atoms with Crippen molar-refractivity contribution < 1.29 is 9.50 Å². The average Bonchev–Trinajstić information content (AvgIpc) is 2.90. The maximum absolute atomic E-state index is 15.0. The SMILES string of the molecule is C[C@@H](Nc1c(Cl)cnc2ccc(-c3cnc(C(C)(C)O)nc3)cc12)c1cc(-c2ccc(N)nc2)ccc1F. The molecule has 4 N–H and O–H groups in total. The van der Waals surface area contributed by atoms with Gasteiger partial charge in [-0.15, -0.1) is 0 Å². The number of nitrogens with two attached hydrogens (primary N) is 1. The summed E-state index contributed by atoms with van der Waals surface area (Å²) in [6, 6.07) is 13.8. The Morgan fingerprint density at radius 2 is 1.53 bits per heavy atom. The van der Waals surface area contributed by atoms with Gasteiger partial charge < -0.3 is 16.2 Å². The number of anilines is 2. The molecule has 3 heterocycles. The third-order valence-electron chi connectivity index (χ3n) is 6.30. The number of hydrogen-bond donors (Lipinski definition) is 3. The van der Waals surface area contributed by atoms with Crippen LogP contribution >= 0.6 is 11.6 Å². The van der Waals surface area contributed by atoms with Crippen LogP contribution in [0.3, 0.4) is 0 Å². The van der Waals surface area contributed by atoms with Crippen molar-refractivity contribution in [2.75, 3.05) is 11.1 Å². The van der Waals surface area contributed by atoms with Crippen molar-refractivity contribution in [2.24, 2.45) is 0 Å². The molecule has 0 saturated heterocycles. The summed E-state index contributed by atoms with van der Waals surface area (Å²) in [5.41, 5.74) is 9.70. The fourth-order valence-electron chi connectivity index (χ4n) is 4.21. The molecule has 7 nitrogen and oxygen atoms in total. The van der Waals surface area contributed by atoms with Gasteiger partial charge in [-0.3, -0.25) is 4.98 Å². The molecule has 38 heavy (non-hydrogen) atoms. The van der Waals surface area contributed by atoms with Crippen molar-refractivity contribution in [3.05, 3.63) is 95.5 Å². The first kappa shape index (κ1) is 25.5. The molecule has 0 aliphatic heterocycles. The van der Waals surface area contributed by atoms with Gasteiger partial charge in [-0.05, 0) is 68.3 Å². The first-order valence-corrected chi connectivity index (χ1v) is 12.4. The second-order valence-corrected chi connectivity index (χ2v) is 10.0. The number of nitrogen functional groups attached to an aromatic ring is 1. The predicted octanol–water partition coefficient (Wildman–Crippen LogP) is 6.53. The second kappa shape index (κ2) is 9.96. The first-order chi connectivity index (χ1) is 18.1. The Hall–Kier alpha value is -4.14. The summed E-state index contributed by atoms with van der Waals surface area (Å²) < 4.78 is 15.0. The van der Waals surface area contributed by atoms with Crippen LogP contribution in [-0.4, -0.2) is 25.0 Å². The predicted molar refractivity (Wildman–Crippen MR) is 149 cm³/mol. The summed E-state index contributed by atoms with van der Waals surface area (Å²) >= 11 is 6.59. The number of aromatic nitrogens is 4. The fourth-order valence-corrected chi connectivity index (χ4v) is 4.42. The number of nitrogens with zero attached hydrogens (tertiary/aromatic N) is 4. The molecule has 0 bridgehead atoms. The molecule has 0 saturated carbocycles. The Morgan fingerprint density at radius 1 is 0.868 bits per heavy atom. The maximum atomic E-state index is 15.0. The van der Waals surface area contributed by atoms with Crippen molar-refractivity contribution >= 4 is 34.0 Å². The van der Waals surface area contributed by atoms with E-state index in [-0.39, 0.29) is 5.82 Å². The summed E-state index contributed by atoms with van der Waals surface area (Å²) in [6.07, 6.45) is 6.58. The molecule has 0 radical (unpaired) electrons. The van der Waals surface area contributed by atoms with Gasteiger partial charge in [0, 0.05) is 46.9 Å². The molecule has 0 aliphatic rings. The van der Waals surface area contributed by atoms with Crippen LogP contribution in [0.1, 0.15) is 38.2 Å². The molecule has 0 aliphatic carbocycles. The highest BCUT2D eigenvalue weighted by molar-refractivity contribution is 6.34. The van der Waals surface area contributed by atoms with Crippen LogP contribution in [0.15, 0.2) is 73.3 Å². The molecule has 1 atom stereocenters. The van der Waals surface area contributed by atoms with E-state index < -0.39 is 11.6 Å². The number of hydrogen-bond acceptors (Lipinski definition) is 7. The van der Waals surface area contributed by atoms with Crippen LogP contribution in [-0.2, 0) is 5.60 Å². The zero-order valence-electron chi connectivity index (χ0n) is 21.1. The first-order valence-electron chi connectivity index (χ1n) is 12.0. The van der Waals surface area contributed by atoms with Crippen molar-refractivity contribution in [1.29, 1.82) is 0 Å². The topological polar surface area (TPSA) is 110 Å². The Balaban J connectivity index is 1.50. The molecular weight excluding hydrogens is 503 g/mol. The minimum atomic E-state index is -1.14. The van der Waals surface area contributed by atoms with Gasteiger partial charge in [0.05, 0.1) is 22.3 Å². The lowest BCUT2D eigenvalue weighted by molar-refractivity contribution is 0.0687. The summed E-state index contributed by atoms with van der Waals surface area (Å²) in [5, 5.41) is 14.7. The molecule has 0 amide bonds. The fraction of sp³-hybridized carbons (Fsp3) is 0.172. The summed E-state index contributed by atoms with van der Waals surface area (Å²) in [4.78, 5) is 17.2. The molecule has 0 spiro atoms. The van der Waals surface area contributed by atoms with Crippen LogP contribution < -0.4 is 11.1 Å². The van der Waals surface area contributed by atoms with Gasteiger partial charge in [-0.2, -0.15) is 0 Å². The van der Waals surface area contributed by atoms with Gasteiger partial charge in [0.1, 0.15) is 17.2 Å². The van der Waals surface area contributed by atoms with Gasteiger partial charge in [0.2, 0.25) is 0 Å². The Bertz CT molecular complexity index is 1620. The molecule has 0 unspecified atom stereocenters. The smallest absolute Gasteiger partial charge is 0.159 e. The van der Waals surface area contributed by atoms with E-state index in [0.717, 1.165) is 33.2 Å². The number of fused-ring (bicyclic) bond motifs is 1. The lowest BCUT2D eigenvalue weighted by Gasteiger charge is -2.20. The monoisotopic (exact) mass is 528 g/mol. The van der Waals surface area contributed by atoms with Crippen LogP contribution in [0.2, 0.25) is 5.02 Å². The summed E-state index contributed by atoms with van der Waals surface area (Å²) in [7, 11) is 0. The van der Waals surface area contributed by atoms with E-state index in [2.05, 4.69) is 25.3 Å². The Kier molecular flexibility index (Phi) is 6.69. The molecule has 9 heteroatoms. The van der Waals surface area contributed by atoms with Gasteiger partial charge in [-0.1, -0.05) is 23.7 Å². The number of halogens is 2. The number of nitrogens with one attached hydrogen (secondary N) is 1. The molecule has 3 aromatic heterocycles. The zero-order chi connectivity index (χ0) is 27.0. The largest absolute Gasteiger partial charge is 0.384 e. The number of rotatable bonds is 6. The van der Waals surface area contributed by atoms with Crippen molar-refractivity contribution in [1.82, 2.24) is 19.9 Å². The Labute approximate surface area is 224 Å². The van der Waals surface area contributed by atoms with Crippen LogP contribution in [0.25, 0.3) is 33.2 Å². The Morgan fingerprint density at radius 3 is 2.21 bits per heavy atom. The van der Waals surface area contributed by atoms with Crippen LogP contribution in [0, 0.1) is 5.82 Å². The number of benzene rings is 2. The van der Waals surface area contributed by atoms with Gasteiger partial charge >= 0.3 is 0 Å². The summed E-state index contributed by atoms with van der Waals surface area (Å²) in [5.74, 6) is 0.419. The van der Waals surface area contributed by atoms with Crippen LogP contribution in [0.5, 0.6) is 0 Å². The lowest BCUT2D eigenvalue weighted by atomic mass is 9.99. The van der Waals surface area contributed by atoms with E-state index in [1.165, 1.54) is 6.07 Å². The zero-order valence-corrected chi connectivity index (χ0v) is 21.8. The van der Waals surface area contributed by atoms with E-state index in [4.69, 9.17) is 17.3 Å².